The van der Waals surface area contributed by atoms with E-state index in [1.807, 2.05) is 42.5 Å². The van der Waals surface area contributed by atoms with Crippen molar-refractivity contribution in [1.82, 2.24) is 9.97 Å². The number of nitrogens with two attached hydrogens (primary N) is 1. The van der Waals surface area contributed by atoms with E-state index in [1.54, 1.807) is 0 Å². The number of rotatable bonds is 3. The van der Waals surface area contributed by atoms with Crippen molar-refractivity contribution in [2.45, 2.75) is 38.5 Å². The summed E-state index contributed by atoms with van der Waals surface area (Å²) in [6, 6.07) is 13.7. The summed E-state index contributed by atoms with van der Waals surface area (Å²) in [5.74, 6) is 3.37. The first kappa shape index (κ1) is 17.1. The Kier molecular flexibility index (Phi) is 3.58. The van der Waals surface area contributed by atoms with E-state index in [4.69, 9.17) is 5.73 Å². The van der Waals surface area contributed by atoms with Gasteiger partial charge in [-0.3, -0.25) is 4.79 Å². The van der Waals surface area contributed by atoms with E-state index in [1.165, 1.54) is 19.3 Å². The third-order valence-corrected chi connectivity index (χ3v) is 7.44. The molecule has 4 N–H and O–H groups in total. The Morgan fingerprint density at radius 3 is 2.31 bits per heavy atom. The number of nitrogens with one attached hydrogen (secondary N) is 2. The summed E-state index contributed by atoms with van der Waals surface area (Å²) in [6.45, 7) is 0. The molecule has 4 bridgehead atoms. The summed E-state index contributed by atoms with van der Waals surface area (Å²) >= 11 is 0. The highest BCUT2D eigenvalue weighted by Gasteiger charge is 2.54. The van der Waals surface area contributed by atoms with Crippen molar-refractivity contribution in [3.8, 4) is 11.4 Å². The minimum absolute atomic E-state index is 0.119. The Morgan fingerprint density at radius 2 is 1.66 bits per heavy atom. The highest BCUT2D eigenvalue weighted by Crippen LogP contribution is 2.60. The number of anilines is 2. The van der Waals surface area contributed by atoms with E-state index in [2.05, 4.69) is 15.3 Å². The molecule has 0 spiro atoms. The van der Waals surface area contributed by atoms with E-state index < -0.39 is 0 Å². The first-order chi connectivity index (χ1) is 14.1. The Balaban J connectivity index is 1.21. The third-order valence-electron chi connectivity index (χ3n) is 7.44. The predicted molar refractivity (Wildman–Crippen MR) is 115 cm³/mol. The normalized spacial score (nSPS) is 30.0. The topological polar surface area (TPSA) is 83.8 Å². The molecule has 5 heteroatoms. The summed E-state index contributed by atoms with van der Waals surface area (Å²) in [5, 5.41) is 3.23. The average Bonchev–Trinajstić information content (AvgIpc) is 3.10. The first-order valence-corrected chi connectivity index (χ1v) is 10.7. The minimum Gasteiger partial charge on any atom is -0.399 e. The Bertz CT molecular complexity index is 1060. The monoisotopic (exact) mass is 386 g/mol. The molecule has 4 saturated carbocycles. The second-order valence-corrected chi connectivity index (χ2v) is 9.59. The number of benzene rings is 2. The third kappa shape index (κ3) is 2.83. The molecule has 0 aliphatic heterocycles. The number of imidazole rings is 1. The molecule has 4 aliphatic rings. The van der Waals surface area contributed by atoms with Crippen LogP contribution in [0.1, 0.15) is 38.5 Å². The number of hydrogen-bond donors (Lipinski definition) is 3. The molecule has 1 amide bonds. The van der Waals surface area contributed by atoms with Gasteiger partial charge >= 0.3 is 0 Å². The Hall–Kier alpha value is -2.82. The van der Waals surface area contributed by atoms with Gasteiger partial charge in [-0.05, 0) is 98.7 Å². The largest absolute Gasteiger partial charge is 0.399 e. The van der Waals surface area contributed by atoms with Crippen molar-refractivity contribution < 1.29 is 4.79 Å². The van der Waals surface area contributed by atoms with Crippen molar-refractivity contribution >= 4 is 28.3 Å². The number of hydrogen-bond acceptors (Lipinski definition) is 3. The highest BCUT2D eigenvalue weighted by atomic mass is 16.2. The lowest BCUT2D eigenvalue weighted by atomic mass is 9.49. The number of H-pyrrole nitrogens is 1. The summed E-state index contributed by atoms with van der Waals surface area (Å²) in [7, 11) is 0. The fraction of sp³-hybridized carbons (Fsp3) is 0.417. The van der Waals surface area contributed by atoms with Crippen LogP contribution < -0.4 is 11.1 Å². The van der Waals surface area contributed by atoms with Gasteiger partial charge < -0.3 is 16.0 Å². The number of fused-ring (bicyclic) bond motifs is 1. The van der Waals surface area contributed by atoms with Crippen LogP contribution in [0.3, 0.4) is 0 Å². The number of nitrogen functional groups attached to an aromatic ring is 1. The molecule has 148 valence electrons. The summed E-state index contributed by atoms with van der Waals surface area (Å²) in [6.07, 6.45) is 7.32. The molecule has 7 rings (SSSR count). The summed E-state index contributed by atoms with van der Waals surface area (Å²) < 4.78 is 0. The van der Waals surface area contributed by atoms with Crippen LogP contribution in [0.2, 0.25) is 0 Å². The average molecular weight is 386 g/mol. The maximum Gasteiger partial charge on any atom is 0.230 e. The molecule has 4 fully saturated rings. The van der Waals surface area contributed by atoms with Crippen LogP contribution in [0.5, 0.6) is 0 Å². The van der Waals surface area contributed by atoms with E-state index >= 15 is 0 Å². The SMILES string of the molecule is Nc1ccc2nc(-c3ccc(NC(=O)C45CC6CC(CC(C6)C4)C5)cc3)[nH]c2c1. The molecule has 0 unspecified atom stereocenters. The van der Waals surface area contributed by atoms with Gasteiger partial charge in [-0.25, -0.2) is 4.98 Å². The Morgan fingerprint density at radius 1 is 1.00 bits per heavy atom. The maximum atomic E-state index is 13.2. The number of amides is 1. The molecule has 0 atom stereocenters. The zero-order valence-electron chi connectivity index (χ0n) is 16.4. The van der Waals surface area contributed by atoms with Crippen LogP contribution in [-0.4, -0.2) is 15.9 Å². The first-order valence-electron chi connectivity index (χ1n) is 10.7. The summed E-state index contributed by atoms with van der Waals surface area (Å²) in [5.41, 5.74) is 10.1. The minimum atomic E-state index is -0.119. The molecular weight excluding hydrogens is 360 g/mol. The fourth-order valence-corrected chi connectivity index (χ4v) is 6.53. The van der Waals surface area contributed by atoms with Gasteiger partial charge in [0.1, 0.15) is 5.82 Å². The van der Waals surface area contributed by atoms with Gasteiger partial charge in [0.15, 0.2) is 0 Å². The standard InChI is InChI=1S/C24H26N4O/c25-18-3-6-20-21(10-18)28-22(27-20)17-1-4-19(5-2-17)26-23(29)24-11-14-7-15(12-24)9-16(8-14)13-24/h1-6,10,14-16H,7-9,11-13,25H2,(H,26,29)(H,27,28). The van der Waals surface area contributed by atoms with Gasteiger partial charge in [-0.2, -0.15) is 0 Å². The lowest BCUT2D eigenvalue weighted by Crippen LogP contribution is -2.51. The molecule has 2 aromatic carbocycles. The van der Waals surface area contributed by atoms with Crippen molar-refractivity contribution in [2.75, 3.05) is 11.1 Å². The number of carbonyl (C=O) groups is 1. The van der Waals surface area contributed by atoms with Crippen LogP contribution in [0.25, 0.3) is 22.4 Å². The molecule has 0 radical (unpaired) electrons. The number of aromatic amines is 1. The van der Waals surface area contributed by atoms with Crippen LogP contribution in [0, 0.1) is 23.2 Å². The molecule has 5 nitrogen and oxygen atoms in total. The van der Waals surface area contributed by atoms with Crippen LogP contribution in [0.4, 0.5) is 11.4 Å². The van der Waals surface area contributed by atoms with E-state index in [0.29, 0.717) is 0 Å². The van der Waals surface area contributed by atoms with E-state index in [-0.39, 0.29) is 11.3 Å². The molecule has 1 heterocycles. The smallest absolute Gasteiger partial charge is 0.230 e. The lowest BCUT2D eigenvalue weighted by molar-refractivity contribution is -0.140. The molecular formula is C24H26N4O. The highest BCUT2D eigenvalue weighted by molar-refractivity contribution is 5.96. The van der Waals surface area contributed by atoms with E-state index in [0.717, 1.165) is 70.8 Å². The predicted octanol–water partition coefficient (Wildman–Crippen LogP) is 4.97. The molecule has 0 saturated heterocycles. The van der Waals surface area contributed by atoms with Gasteiger partial charge in [0, 0.05) is 16.9 Å². The number of carbonyl (C=O) groups excluding carboxylic acids is 1. The van der Waals surface area contributed by atoms with Crippen molar-refractivity contribution in [3.05, 3.63) is 42.5 Å². The molecule has 1 aromatic heterocycles. The second kappa shape index (κ2) is 6.09. The quantitative estimate of drug-likeness (QED) is 0.556. The van der Waals surface area contributed by atoms with Gasteiger partial charge in [-0.1, -0.05) is 0 Å². The lowest BCUT2D eigenvalue weighted by Gasteiger charge is -2.55. The second-order valence-electron chi connectivity index (χ2n) is 9.59. The van der Waals surface area contributed by atoms with E-state index in [9.17, 15) is 4.79 Å². The van der Waals surface area contributed by atoms with Gasteiger partial charge in [0.05, 0.1) is 16.4 Å². The summed E-state index contributed by atoms with van der Waals surface area (Å²) in [4.78, 5) is 21.2. The van der Waals surface area contributed by atoms with Crippen LogP contribution in [-0.2, 0) is 4.79 Å². The van der Waals surface area contributed by atoms with Crippen LogP contribution >= 0.6 is 0 Å². The van der Waals surface area contributed by atoms with Gasteiger partial charge in [0.2, 0.25) is 5.91 Å². The number of aromatic nitrogens is 2. The zero-order chi connectivity index (χ0) is 19.6. The van der Waals surface area contributed by atoms with Gasteiger partial charge in [-0.15, -0.1) is 0 Å². The van der Waals surface area contributed by atoms with Crippen LogP contribution in [0.15, 0.2) is 42.5 Å². The van der Waals surface area contributed by atoms with Crippen molar-refractivity contribution in [3.63, 3.8) is 0 Å². The van der Waals surface area contributed by atoms with Crippen molar-refractivity contribution in [1.29, 1.82) is 0 Å². The molecule has 29 heavy (non-hydrogen) atoms. The van der Waals surface area contributed by atoms with Gasteiger partial charge in [0.25, 0.3) is 0 Å². The maximum absolute atomic E-state index is 13.2. The fourth-order valence-electron chi connectivity index (χ4n) is 6.53. The molecule has 3 aromatic rings. The zero-order valence-corrected chi connectivity index (χ0v) is 16.4. The Labute approximate surface area is 170 Å². The van der Waals surface area contributed by atoms with Crippen molar-refractivity contribution in [2.24, 2.45) is 23.2 Å². The number of nitrogens with zero attached hydrogens (tertiary/aromatic N) is 1. The molecule has 4 aliphatic carbocycles.